The summed E-state index contributed by atoms with van der Waals surface area (Å²) in [5, 5.41) is -0.244. The second kappa shape index (κ2) is 5.45. The van der Waals surface area contributed by atoms with Crippen LogP contribution in [-0.4, -0.2) is 11.0 Å². The van der Waals surface area contributed by atoms with Crippen LogP contribution in [0.4, 0.5) is 0 Å². The maximum Gasteiger partial charge on any atom is 0.221 e. The molecule has 0 spiro atoms. The van der Waals surface area contributed by atoms with Gasteiger partial charge in [-0.25, -0.2) is 0 Å². The van der Waals surface area contributed by atoms with E-state index in [1.54, 1.807) is 0 Å². The minimum Gasteiger partial charge on any atom is -0.281 e. The van der Waals surface area contributed by atoms with Crippen LogP contribution in [0.3, 0.4) is 0 Å². The van der Waals surface area contributed by atoms with Gasteiger partial charge in [-0.15, -0.1) is 0 Å². The molecule has 0 N–H and O–H groups in total. The van der Waals surface area contributed by atoms with Crippen LogP contribution >= 0.6 is 24.2 Å². The van der Waals surface area contributed by atoms with E-state index in [0.717, 1.165) is 18.6 Å². The third kappa shape index (κ3) is 6.31. The number of thiol groups is 1. The first-order valence-electron chi connectivity index (χ1n) is 2.56. The Kier molecular flexibility index (Phi) is 5.66. The molecule has 0 aliphatic carbocycles. The van der Waals surface area contributed by atoms with E-state index in [0.29, 0.717) is 6.42 Å². The molecule has 0 radical (unpaired) electrons. The average Bonchev–Trinajstić information content (AvgIpc) is 1.66. The molecule has 0 aromatic carbocycles. The Labute approximate surface area is 59.8 Å². The maximum atomic E-state index is 10.1. The number of unbranched alkanes of at least 4 members (excludes halogenated alkanes) is 1. The summed E-state index contributed by atoms with van der Waals surface area (Å²) in [5.41, 5.74) is 0. The van der Waals surface area contributed by atoms with E-state index < -0.39 is 0 Å². The van der Waals surface area contributed by atoms with E-state index in [2.05, 4.69) is 12.6 Å². The Bertz CT molecular complexity index is 74.8. The first-order chi connectivity index (χ1) is 3.77. The minimum absolute atomic E-state index is 0.244. The number of carbonyl (C=O) groups is 1. The van der Waals surface area contributed by atoms with Crippen molar-refractivity contribution in [3.8, 4) is 0 Å². The van der Waals surface area contributed by atoms with Crippen molar-refractivity contribution < 1.29 is 4.79 Å². The fourth-order valence-electron chi connectivity index (χ4n) is 0.376. The molecule has 0 aliphatic rings. The molecule has 0 fully saturated rings. The van der Waals surface area contributed by atoms with E-state index in [9.17, 15) is 4.79 Å². The van der Waals surface area contributed by atoms with Crippen LogP contribution in [0, 0.1) is 0 Å². The minimum atomic E-state index is -0.244. The normalized spacial score (nSPS) is 9.25. The lowest BCUT2D eigenvalue weighted by molar-refractivity contribution is -0.111. The molecule has 0 amide bonds. The van der Waals surface area contributed by atoms with Gasteiger partial charge in [-0.3, -0.25) is 4.79 Å². The molecule has 0 saturated heterocycles. The third-order valence-corrected chi connectivity index (χ3v) is 1.29. The number of carbonyl (C=O) groups excluding carboxylic acids is 1. The zero-order valence-corrected chi connectivity index (χ0v) is 6.21. The summed E-state index contributed by atoms with van der Waals surface area (Å²) in [4.78, 5) is 10.1. The first kappa shape index (κ1) is 8.31. The van der Waals surface area contributed by atoms with Gasteiger partial charge in [-0.2, -0.15) is 12.6 Å². The van der Waals surface area contributed by atoms with Gasteiger partial charge in [0.1, 0.15) is 0 Å². The highest BCUT2D eigenvalue weighted by Gasteiger charge is 1.92. The highest BCUT2D eigenvalue weighted by atomic mass is 35.5. The summed E-state index contributed by atoms with van der Waals surface area (Å²) < 4.78 is 0. The van der Waals surface area contributed by atoms with Crippen LogP contribution in [0.25, 0.3) is 0 Å². The number of halogens is 1. The fourth-order valence-corrected chi connectivity index (χ4v) is 0.733. The lowest BCUT2D eigenvalue weighted by Crippen LogP contribution is -1.85. The Morgan fingerprint density at radius 2 is 2.12 bits per heavy atom. The third-order valence-electron chi connectivity index (χ3n) is 0.781. The summed E-state index contributed by atoms with van der Waals surface area (Å²) in [7, 11) is 0. The van der Waals surface area contributed by atoms with E-state index >= 15 is 0 Å². The summed E-state index contributed by atoms with van der Waals surface area (Å²) in [5.74, 6) is 0.837. The first-order valence-corrected chi connectivity index (χ1v) is 3.57. The van der Waals surface area contributed by atoms with Crippen molar-refractivity contribution in [2.75, 3.05) is 5.75 Å². The van der Waals surface area contributed by atoms with Gasteiger partial charge >= 0.3 is 0 Å². The standard InChI is InChI=1S/C5H9ClOS/c6-5(7)3-1-2-4-8/h8H,1-4H2. The lowest BCUT2D eigenvalue weighted by atomic mass is 10.3. The summed E-state index contributed by atoms with van der Waals surface area (Å²) in [6.45, 7) is 0. The molecule has 0 aliphatic heterocycles. The van der Waals surface area contributed by atoms with Crippen LogP contribution in [0.1, 0.15) is 19.3 Å². The number of rotatable bonds is 4. The van der Waals surface area contributed by atoms with Crippen LogP contribution < -0.4 is 0 Å². The Balaban J connectivity index is 2.82. The molecule has 1 nitrogen and oxygen atoms in total. The van der Waals surface area contributed by atoms with E-state index in [4.69, 9.17) is 11.6 Å². The Morgan fingerprint density at radius 3 is 2.50 bits per heavy atom. The van der Waals surface area contributed by atoms with Crippen LogP contribution in [0.5, 0.6) is 0 Å². The van der Waals surface area contributed by atoms with Gasteiger partial charge in [0, 0.05) is 6.42 Å². The second-order valence-electron chi connectivity index (χ2n) is 1.54. The molecule has 0 atom stereocenters. The van der Waals surface area contributed by atoms with Crippen molar-refractivity contribution in [3.63, 3.8) is 0 Å². The quantitative estimate of drug-likeness (QED) is 0.370. The molecule has 0 bridgehead atoms. The molecule has 0 unspecified atom stereocenters. The topological polar surface area (TPSA) is 17.1 Å². The van der Waals surface area contributed by atoms with Gasteiger partial charge in [0.2, 0.25) is 5.24 Å². The lowest BCUT2D eigenvalue weighted by Gasteiger charge is -1.88. The fraction of sp³-hybridized carbons (Fsp3) is 0.800. The summed E-state index contributed by atoms with van der Waals surface area (Å²) >= 11 is 9.02. The molecule has 0 heterocycles. The summed E-state index contributed by atoms with van der Waals surface area (Å²) in [6, 6.07) is 0. The van der Waals surface area contributed by atoms with E-state index in [1.165, 1.54) is 0 Å². The van der Waals surface area contributed by atoms with Gasteiger partial charge in [-0.05, 0) is 30.2 Å². The van der Waals surface area contributed by atoms with Crippen LogP contribution in [0.2, 0.25) is 0 Å². The van der Waals surface area contributed by atoms with Gasteiger partial charge in [0.25, 0.3) is 0 Å². The van der Waals surface area contributed by atoms with Gasteiger partial charge in [-0.1, -0.05) is 0 Å². The van der Waals surface area contributed by atoms with Crippen molar-refractivity contribution in [2.24, 2.45) is 0 Å². The Hall–Kier alpha value is 0.310. The molecule has 0 saturated carbocycles. The van der Waals surface area contributed by atoms with Crippen molar-refractivity contribution >= 4 is 29.5 Å². The van der Waals surface area contributed by atoms with Gasteiger partial charge < -0.3 is 0 Å². The largest absolute Gasteiger partial charge is 0.281 e. The number of hydrogen-bond donors (Lipinski definition) is 1. The molecular formula is C5H9ClOS. The highest BCUT2D eigenvalue weighted by molar-refractivity contribution is 7.80. The summed E-state index contributed by atoms with van der Waals surface area (Å²) in [6.07, 6.45) is 2.33. The zero-order valence-electron chi connectivity index (χ0n) is 4.56. The predicted octanol–water partition coefficient (Wildman–Crippen LogP) is 1.85. The van der Waals surface area contributed by atoms with Crippen LogP contribution in [0.15, 0.2) is 0 Å². The molecule has 8 heavy (non-hydrogen) atoms. The monoisotopic (exact) mass is 152 g/mol. The van der Waals surface area contributed by atoms with Gasteiger partial charge in [0.05, 0.1) is 0 Å². The van der Waals surface area contributed by atoms with Crippen molar-refractivity contribution in [3.05, 3.63) is 0 Å². The van der Waals surface area contributed by atoms with Gasteiger partial charge in [0.15, 0.2) is 0 Å². The smallest absolute Gasteiger partial charge is 0.221 e. The molecular weight excluding hydrogens is 144 g/mol. The second-order valence-corrected chi connectivity index (χ2v) is 2.40. The average molecular weight is 153 g/mol. The predicted molar refractivity (Wildman–Crippen MR) is 38.6 cm³/mol. The molecule has 0 aromatic heterocycles. The number of hydrogen-bond acceptors (Lipinski definition) is 2. The van der Waals surface area contributed by atoms with Crippen molar-refractivity contribution in [1.82, 2.24) is 0 Å². The molecule has 48 valence electrons. The highest BCUT2D eigenvalue weighted by Crippen LogP contribution is 1.99. The van der Waals surface area contributed by atoms with Crippen LogP contribution in [-0.2, 0) is 4.79 Å². The van der Waals surface area contributed by atoms with Crippen molar-refractivity contribution in [1.29, 1.82) is 0 Å². The molecule has 0 rings (SSSR count). The molecule has 0 aromatic rings. The maximum absolute atomic E-state index is 10.1. The SMILES string of the molecule is O=C(Cl)CCCCS. The zero-order chi connectivity index (χ0) is 6.41. The van der Waals surface area contributed by atoms with E-state index in [-0.39, 0.29) is 5.24 Å². The van der Waals surface area contributed by atoms with Crippen molar-refractivity contribution in [2.45, 2.75) is 19.3 Å². The van der Waals surface area contributed by atoms with E-state index in [1.807, 2.05) is 0 Å². The molecule has 3 heteroatoms. The Morgan fingerprint density at radius 1 is 1.50 bits per heavy atom.